The highest BCUT2D eigenvalue weighted by Crippen LogP contribution is 2.28. The molecule has 2 aromatic rings. The Balaban J connectivity index is 2.84. The quantitative estimate of drug-likeness (QED) is 0.621. The smallest absolute Gasteiger partial charge is 0.336 e. The van der Waals surface area contributed by atoms with Crippen molar-refractivity contribution in [2.75, 3.05) is 7.11 Å². The summed E-state index contributed by atoms with van der Waals surface area (Å²) in [6, 6.07) is 6.88. The maximum absolute atomic E-state index is 11.1. The zero-order valence-electron chi connectivity index (χ0n) is 8.12. The van der Waals surface area contributed by atoms with Crippen molar-refractivity contribution in [1.82, 2.24) is 0 Å². The predicted molar refractivity (Wildman–Crippen MR) is 61.7 cm³/mol. The molecule has 78 valence electrons. The fraction of sp³-hybridized carbons (Fsp3) is 0.182. The second kappa shape index (κ2) is 4.06. The normalized spacial score (nSPS) is 10.5. The van der Waals surface area contributed by atoms with Crippen LogP contribution in [-0.2, 0) is 5.33 Å². The molecule has 1 aromatic carbocycles. The lowest BCUT2D eigenvalue weighted by Crippen LogP contribution is -1.98. The second-order valence-electron chi connectivity index (χ2n) is 3.05. The summed E-state index contributed by atoms with van der Waals surface area (Å²) >= 11 is 3.35. The van der Waals surface area contributed by atoms with Gasteiger partial charge in [0, 0.05) is 22.3 Å². The number of rotatable bonds is 2. The minimum Gasteiger partial charge on any atom is -0.496 e. The van der Waals surface area contributed by atoms with Crippen molar-refractivity contribution in [3.05, 3.63) is 40.2 Å². The molecule has 3 nitrogen and oxygen atoms in total. The van der Waals surface area contributed by atoms with Crippen LogP contribution in [0.15, 0.2) is 33.5 Å². The van der Waals surface area contributed by atoms with Crippen LogP contribution in [0.2, 0.25) is 0 Å². The molecule has 0 bridgehead atoms. The molecule has 0 aliphatic carbocycles. The lowest BCUT2D eigenvalue weighted by Gasteiger charge is -2.07. The van der Waals surface area contributed by atoms with Crippen molar-refractivity contribution in [2.45, 2.75) is 5.33 Å². The molecule has 0 spiro atoms. The van der Waals surface area contributed by atoms with Gasteiger partial charge in [0.2, 0.25) is 0 Å². The molecule has 0 amide bonds. The van der Waals surface area contributed by atoms with Crippen LogP contribution in [0.25, 0.3) is 11.0 Å². The molecular formula is C11H9BrO3. The molecule has 1 aromatic heterocycles. The van der Waals surface area contributed by atoms with Crippen molar-refractivity contribution < 1.29 is 9.15 Å². The Morgan fingerprint density at radius 1 is 1.33 bits per heavy atom. The fourth-order valence-electron chi connectivity index (χ4n) is 1.49. The van der Waals surface area contributed by atoms with Gasteiger partial charge in [0.15, 0.2) is 0 Å². The highest BCUT2D eigenvalue weighted by atomic mass is 79.9. The van der Waals surface area contributed by atoms with Crippen LogP contribution in [0.5, 0.6) is 5.75 Å². The predicted octanol–water partition coefficient (Wildman–Crippen LogP) is 2.70. The summed E-state index contributed by atoms with van der Waals surface area (Å²) in [6.45, 7) is 0. The van der Waals surface area contributed by atoms with Gasteiger partial charge in [-0.05, 0) is 18.2 Å². The number of halogens is 1. The lowest BCUT2D eigenvalue weighted by atomic mass is 10.1. The van der Waals surface area contributed by atoms with Crippen LogP contribution in [0.3, 0.4) is 0 Å². The number of alkyl halides is 1. The molecule has 15 heavy (non-hydrogen) atoms. The van der Waals surface area contributed by atoms with Gasteiger partial charge in [0.25, 0.3) is 0 Å². The average Bonchev–Trinajstić information content (AvgIpc) is 2.27. The van der Waals surface area contributed by atoms with Gasteiger partial charge in [0.1, 0.15) is 11.3 Å². The Hall–Kier alpha value is -1.29. The average molecular weight is 269 g/mol. The van der Waals surface area contributed by atoms with E-state index in [2.05, 4.69) is 15.9 Å². The molecule has 0 saturated carbocycles. The first-order chi connectivity index (χ1) is 7.26. The molecule has 0 N–H and O–H groups in total. The minimum absolute atomic E-state index is 0.349. The van der Waals surface area contributed by atoms with E-state index in [4.69, 9.17) is 9.15 Å². The van der Waals surface area contributed by atoms with Gasteiger partial charge >= 0.3 is 5.63 Å². The summed E-state index contributed by atoms with van der Waals surface area (Å²) in [7, 11) is 1.59. The standard InChI is InChI=1S/C11H9BrO3/c1-14-9-4-2-7-3-5-10(13)15-11(7)8(9)6-12/h2-5H,6H2,1H3. The maximum Gasteiger partial charge on any atom is 0.336 e. The molecule has 4 heteroatoms. The van der Waals surface area contributed by atoms with E-state index < -0.39 is 0 Å². The second-order valence-corrected chi connectivity index (χ2v) is 3.61. The summed E-state index contributed by atoms with van der Waals surface area (Å²) < 4.78 is 10.4. The first-order valence-electron chi connectivity index (χ1n) is 4.42. The van der Waals surface area contributed by atoms with E-state index in [1.54, 1.807) is 13.2 Å². The SMILES string of the molecule is COc1ccc2ccc(=O)oc2c1CBr. The van der Waals surface area contributed by atoms with Gasteiger partial charge in [-0.2, -0.15) is 0 Å². The van der Waals surface area contributed by atoms with Crippen molar-refractivity contribution in [2.24, 2.45) is 0 Å². The van der Waals surface area contributed by atoms with E-state index in [1.807, 2.05) is 12.1 Å². The highest BCUT2D eigenvalue weighted by molar-refractivity contribution is 9.08. The Bertz CT molecular complexity index is 545. The first-order valence-corrected chi connectivity index (χ1v) is 5.54. The van der Waals surface area contributed by atoms with E-state index in [-0.39, 0.29) is 5.63 Å². The number of benzene rings is 1. The molecular weight excluding hydrogens is 260 g/mol. The van der Waals surface area contributed by atoms with Crippen LogP contribution in [0.4, 0.5) is 0 Å². The number of ether oxygens (including phenoxy) is 1. The molecule has 1 heterocycles. The van der Waals surface area contributed by atoms with Crippen LogP contribution >= 0.6 is 15.9 Å². The van der Waals surface area contributed by atoms with Crippen molar-refractivity contribution >= 4 is 26.9 Å². The van der Waals surface area contributed by atoms with Crippen molar-refractivity contribution in [3.63, 3.8) is 0 Å². The van der Waals surface area contributed by atoms with E-state index in [0.717, 1.165) is 10.9 Å². The summed E-state index contributed by atoms with van der Waals surface area (Å²) in [6.07, 6.45) is 0. The van der Waals surface area contributed by atoms with Crippen LogP contribution in [-0.4, -0.2) is 7.11 Å². The first kappa shape index (κ1) is 10.2. The zero-order chi connectivity index (χ0) is 10.8. The van der Waals surface area contributed by atoms with Crippen LogP contribution in [0, 0.1) is 0 Å². The van der Waals surface area contributed by atoms with Gasteiger partial charge in [-0.25, -0.2) is 4.79 Å². The molecule has 0 aliphatic heterocycles. The lowest BCUT2D eigenvalue weighted by molar-refractivity contribution is 0.410. The minimum atomic E-state index is -0.349. The van der Waals surface area contributed by atoms with Gasteiger partial charge in [-0.15, -0.1) is 0 Å². The van der Waals surface area contributed by atoms with E-state index in [9.17, 15) is 4.79 Å². The van der Waals surface area contributed by atoms with Crippen molar-refractivity contribution in [1.29, 1.82) is 0 Å². The third kappa shape index (κ3) is 1.77. The summed E-state index contributed by atoms with van der Waals surface area (Å²) in [5.74, 6) is 0.716. The van der Waals surface area contributed by atoms with E-state index >= 15 is 0 Å². The molecule has 0 unspecified atom stereocenters. The van der Waals surface area contributed by atoms with Gasteiger partial charge < -0.3 is 9.15 Å². The summed E-state index contributed by atoms with van der Waals surface area (Å²) in [5, 5.41) is 1.48. The highest BCUT2D eigenvalue weighted by Gasteiger charge is 2.09. The molecule has 0 radical (unpaired) electrons. The van der Waals surface area contributed by atoms with Crippen LogP contribution in [0.1, 0.15) is 5.56 Å². The largest absolute Gasteiger partial charge is 0.496 e. The van der Waals surface area contributed by atoms with Gasteiger partial charge in [-0.1, -0.05) is 15.9 Å². The molecule has 0 fully saturated rings. The topological polar surface area (TPSA) is 39.4 Å². The van der Waals surface area contributed by atoms with Gasteiger partial charge in [-0.3, -0.25) is 0 Å². The van der Waals surface area contributed by atoms with E-state index in [1.165, 1.54) is 6.07 Å². The zero-order valence-corrected chi connectivity index (χ0v) is 9.71. The maximum atomic E-state index is 11.1. The molecule has 0 atom stereocenters. The Labute approximate surface area is 94.8 Å². The van der Waals surface area contributed by atoms with Crippen molar-refractivity contribution in [3.8, 4) is 5.75 Å². The Kier molecular flexibility index (Phi) is 2.77. The van der Waals surface area contributed by atoms with Gasteiger partial charge in [0.05, 0.1) is 7.11 Å². The molecule has 0 saturated heterocycles. The Morgan fingerprint density at radius 2 is 2.07 bits per heavy atom. The summed E-state index contributed by atoms with van der Waals surface area (Å²) in [5.41, 5.74) is 1.09. The fourth-order valence-corrected chi connectivity index (χ4v) is 2.02. The number of methoxy groups -OCH3 is 1. The molecule has 2 rings (SSSR count). The number of hydrogen-bond acceptors (Lipinski definition) is 3. The van der Waals surface area contributed by atoms with E-state index in [0.29, 0.717) is 16.7 Å². The molecule has 0 aliphatic rings. The monoisotopic (exact) mass is 268 g/mol. The summed E-state index contributed by atoms with van der Waals surface area (Å²) in [4.78, 5) is 11.1. The third-order valence-electron chi connectivity index (χ3n) is 2.20. The number of fused-ring (bicyclic) bond motifs is 1. The van der Waals surface area contributed by atoms with Crippen LogP contribution < -0.4 is 10.4 Å². The third-order valence-corrected chi connectivity index (χ3v) is 2.76. The Morgan fingerprint density at radius 3 is 2.73 bits per heavy atom. The number of hydrogen-bond donors (Lipinski definition) is 0.